The van der Waals surface area contributed by atoms with Crippen molar-refractivity contribution in [3.05, 3.63) is 29.8 Å². The highest BCUT2D eigenvalue weighted by Gasteiger charge is 2.17. The summed E-state index contributed by atoms with van der Waals surface area (Å²) in [7, 11) is 0. The van der Waals surface area contributed by atoms with Gasteiger partial charge in [-0.2, -0.15) is 0 Å². The van der Waals surface area contributed by atoms with E-state index in [9.17, 15) is 4.79 Å². The summed E-state index contributed by atoms with van der Waals surface area (Å²) in [4.78, 5) is 11.8. The first-order valence-corrected chi connectivity index (χ1v) is 7.41. The zero-order valence-electron chi connectivity index (χ0n) is 12.5. The third-order valence-electron chi connectivity index (χ3n) is 3.93. The van der Waals surface area contributed by atoms with Crippen molar-refractivity contribution in [2.75, 3.05) is 18.9 Å². The van der Waals surface area contributed by atoms with Crippen LogP contribution in [0.5, 0.6) is 0 Å². The molecule has 0 saturated heterocycles. The highest BCUT2D eigenvalue weighted by molar-refractivity contribution is 5.89. The lowest BCUT2D eigenvalue weighted by Crippen LogP contribution is -2.35. The van der Waals surface area contributed by atoms with E-state index >= 15 is 0 Å². The lowest BCUT2D eigenvalue weighted by molar-refractivity contribution is 0.0504. The zero-order chi connectivity index (χ0) is 14.4. The number of anilines is 1. The van der Waals surface area contributed by atoms with Gasteiger partial charge in [0.2, 0.25) is 0 Å². The van der Waals surface area contributed by atoms with Crippen LogP contribution in [0.15, 0.2) is 24.3 Å². The number of nitrogens with two attached hydrogens (primary N) is 1. The van der Waals surface area contributed by atoms with Gasteiger partial charge in [-0.05, 0) is 55.9 Å². The minimum Gasteiger partial charge on any atom is -0.461 e. The maximum atomic E-state index is 11.8. The standard InChI is InChI=1S/C16H24N2O2.ClH/c1-12-2-8-15(9-3-12)18-10-11-20-16(19)13-4-6-14(17)7-5-13;/h4-7,12,15,18H,2-3,8-11,17H2,1H3;1H. The summed E-state index contributed by atoms with van der Waals surface area (Å²) < 4.78 is 5.24. The van der Waals surface area contributed by atoms with Crippen LogP contribution < -0.4 is 11.1 Å². The van der Waals surface area contributed by atoms with E-state index in [1.807, 2.05) is 0 Å². The monoisotopic (exact) mass is 312 g/mol. The normalized spacial score (nSPS) is 21.4. The molecule has 5 heteroatoms. The van der Waals surface area contributed by atoms with Crippen LogP contribution in [0.3, 0.4) is 0 Å². The fourth-order valence-corrected chi connectivity index (χ4v) is 2.57. The summed E-state index contributed by atoms with van der Waals surface area (Å²) in [5.41, 5.74) is 6.77. The number of nitrogens with one attached hydrogen (secondary N) is 1. The van der Waals surface area contributed by atoms with Gasteiger partial charge in [0.15, 0.2) is 0 Å². The highest BCUT2D eigenvalue weighted by Crippen LogP contribution is 2.23. The van der Waals surface area contributed by atoms with Gasteiger partial charge in [0.1, 0.15) is 6.61 Å². The number of nitrogen functional groups attached to an aromatic ring is 1. The van der Waals surface area contributed by atoms with Crippen molar-refractivity contribution >= 4 is 24.1 Å². The van der Waals surface area contributed by atoms with Gasteiger partial charge >= 0.3 is 5.97 Å². The largest absolute Gasteiger partial charge is 0.461 e. The van der Waals surface area contributed by atoms with E-state index in [-0.39, 0.29) is 18.4 Å². The Morgan fingerprint density at radius 3 is 2.48 bits per heavy atom. The third-order valence-corrected chi connectivity index (χ3v) is 3.93. The number of benzene rings is 1. The summed E-state index contributed by atoms with van der Waals surface area (Å²) in [5, 5.41) is 3.46. The first-order chi connectivity index (χ1) is 9.65. The molecule has 1 aliphatic carbocycles. The molecule has 1 aromatic rings. The Labute approximate surface area is 132 Å². The molecule has 1 aromatic carbocycles. The molecule has 4 nitrogen and oxygen atoms in total. The van der Waals surface area contributed by atoms with E-state index in [0.29, 0.717) is 23.9 Å². The van der Waals surface area contributed by atoms with Crippen molar-refractivity contribution in [1.82, 2.24) is 5.32 Å². The molecular weight excluding hydrogens is 288 g/mol. The number of esters is 1. The highest BCUT2D eigenvalue weighted by atomic mass is 35.5. The fraction of sp³-hybridized carbons (Fsp3) is 0.562. The molecule has 1 aliphatic rings. The Hall–Kier alpha value is -1.26. The zero-order valence-corrected chi connectivity index (χ0v) is 13.3. The van der Waals surface area contributed by atoms with Crippen molar-refractivity contribution in [3.63, 3.8) is 0 Å². The molecule has 0 radical (unpaired) electrons. The molecule has 3 N–H and O–H groups in total. The average Bonchev–Trinajstić information content (AvgIpc) is 2.46. The van der Waals surface area contributed by atoms with E-state index in [2.05, 4.69) is 12.2 Å². The second-order valence-corrected chi connectivity index (χ2v) is 5.67. The van der Waals surface area contributed by atoms with Gasteiger partial charge in [-0.15, -0.1) is 12.4 Å². The molecule has 0 amide bonds. The average molecular weight is 313 g/mol. The second kappa shape index (κ2) is 8.90. The number of carbonyl (C=O) groups is 1. The fourth-order valence-electron chi connectivity index (χ4n) is 2.57. The number of hydrogen-bond acceptors (Lipinski definition) is 4. The van der Waals surface area contributed by atoms with E-state index < -0.39 is 0 Å². The molecule has 1 saturated carbocycles. The van der Waals surface area contributed by atoms with Crippen molar-refractivity contribution in [3.8, 4) is 0 Å². The van der Waals surface area contributed by atoms with Gasteiger partial charge in [-0.25, -0.2) is 4.79 Å². The Kier molecular flexibility index (Phi) is 7.54. The molecule has 21 heavy (non-hydrogen) atoms. The number of carbonyl (C=O) groups excluding carboxylic acids is 1. The minimum atomic E-state index is -0.288. The van der Waals surface area contributed by atoms with Crippen LogP contribution >= 0.6 is 12.4 Å². The maximum Gasteiger partial charge on any atom is 0.338 e. The number of ether oxygens (including phenoxy) is 1. The Balaban J connectivity index is 0.00000220. The van der Waals surface area contributed by atoms with E-state index in [1.165, 1.54) is 25.7 Å². The van der Waals surface area contributed by atoms with Crippen molar-refractivity contribution in [2.45, 2.75) is 38.6 Å². The molecule has 0 heterocycles. The van der Waals surface area contributed by atoms with Gasteiger partial charge in [0.25, 0.3) is 0 Å². The first-order valence-electron chi connectivity index (χ1n) is 7.41. The first kappa shape index (κ1) is 17.8. The Bertz CT molecular complexity index is 428. The SMILES string of the molecule is CC1CCC(NCCOC(=O)c2ccc(N)cc2)CC1.Cl. The lowest BCUT2D eigenvalue weighted by Gasteiger charge is -2.26. The van der Waals surface area contributed by atoms with Crippen molar-refractivity contribution < 1.29 is 9.53 Å². The number of hydrogen-bond donors (Lipinski definition) is 2. The van der Waals surface area contributed by atoms with Gasteiger partial charge in [-0.3, -0.25) is 0 Å². The molecule has 1 fully saturated rings. The van der Waals surface area contributed by atoms with Crippen molar-refractivity contribution in [1.29, 1.82) is 0 Å². The van der Waals surface area contributed by atoms with Crippen molar-refractivity contribution in [2.24, 2.45) is 5.92 Å². The van der Waals surface area contributed by atoms with Crippen LogP contribution in [0.1, 0.15) is 43.0 Å². The molecule has 118 valence electrons. The van der Waals surface area contributed by atoms with E-state index in [0.717, 1.165) is 12.5 Å². The summed E-state index contributed by atoms with van der Waals surface area (Å²) in [6.45, 7) is 3.44. The molecule has 0 spiro atoms. The quantitative estimate of drug-likeness (QED) is 0.498. The van der Waals surface area contributed by atoms with Crippen LogP contribution in [-0.2, 0) is 4.74 Å². The van der Waals surface area contributed by atoms with Crippen LogP contribution in [0.2, 0.25) is 0 Å². The summed E-state index contributed by atoms with van der Waals surface area (Å²) in [6.07, 6.45) is 5.05. The number of halogens is 1. The van der Waals surface area contributed by atoms with Crippen LogP contribution in [0, 0.1) is 5.92 Å². The topological polar surface area (TPSA) is 64.3 Å². The molecular formula is C16H25ClN2O2. The van der Waals surface area contributed by atoms with Crippen LogP contribution in [-0.4, -0.2) is 25.2 Å². The Morgan fingerprint density at radius 2 is 1.86 bits per heavy atom. The van der Waals surface area contributed by atoms with Gasteiger partial charge in [0.05, 0.1) is 5.56 Å². The van der Waals surface area contributed by atoms with Crippen LogP contribution in [0.4, 0.5) is 5.69 Å². The molecule has 0 atom stereocenters. The molecule has 0 aromatic heterocycles. The van der Waals surface area contributed by atoms with Gasteiger partial charge < -0.3 is 15.8 Å². The molecule has 0 unspecified atom stereocenters. The second-order valence-electron chi connectivity index (χ2n) is 5.67. The predicted molar refractivity (Wildman–Crippen MR) is 87.8 cm³/mol. The summed E-state index contributed by atoms with van der Waals surface area (Å²) in [5.74, 6) is 0.570. The summed E-state index contributed by atoms with van der Waals surface area (Å²) in [6, 6.07) is 7.37. The smallest absolute Gasteiger partial charge is 0.338 e. The lowest BCUT2D eigenvalue weighted by atomic mass is 9.87. The van der Waals surface area contributed by atoms with Crippen LogP contribution in [0.25, 0.3) is 0 Å². The Morgan fingerprint density at radius 1 is 1.24 bits per heavy atom. The van der Waals surface area contributed by atoms with Gasteiger partial charge in [0, 0.05) is 18.3 Å². The maximum absolute atomic E-state index is 11.8. The van der Waals surface area contributed by atoms with E-state index in [4.69, 9.17) is 10.5 Å². The van der Waals surface area contributed by atoms with E-state index in [1.54, 1.807) is 24.3 Å². The number of rotatable bonds is 5. The third kappa shape index (κ3) is 5.94. The predicted octanol–water partition coefficient (Wildman–Crippen LogP) is 3.02. The molecule has 0 aliphatic heterocycles. The summed E-state index contributed by atoms with van der Waals surface area (Å²) >= 11 is 0. The molecule has 0 bridgehead atoms. The van der Waals surface area contributed by atoms with Gasteiger partial charge in [-0.1, -0.05) is 6.92 Å². The minimum absolute atomic E-state index is 0. The molecule has 2 rings (SSSR count).